The number of carbonyl (C=O) groups is 2. The third kappa shape index (κ3) is 4.55. The van der Waals surface area contributed by atoms with Gasteiger partial charge in [0.2, 0.25) is 0 Å². The minimum atomic E-state index is -1.13. The SMILES string of the molecule is Cc1ccccc1C#Cc1ccc2c(c1)C1(CC1)CN(CCC(=O)OCC(=O)O)C2. The molecule has 2 aliphatic rings. The van der Waals surface area contributed by atoms with E-state index in [1.807, 2.05) is 18.2 Å². The Labute approximate surface area is 176 Å². The van der Waals surface area contributed by atoms with E-state index in [2.05, 4.69) is 47.9 Å². The van der Waals surface area contributed by atoms with Crippen LogP contribution in [0.15, 0.2) is 42.5 Å². The molecule has 0 amide bonds. The number of ether oxygens (including phenoxy) is 1. The van der Waals surface area contributed by atoms with E-state index in [1.165, 1.54) is 16.7 Å². The molecule has 1 fully saturated rings. The molecule has 1 aliphatic heterocycles. The quantitative estimate of drug-likeness (QED) is 0.613. The van der Waals surface area contributed by atoms with E-state index < -0.39 is 18.5 Å². The summed E-state index contributed by atoms with van der Waals surface area (Å²) in [4.78, 5) is 24.5. The Morgan fingerprint density at radius 2 is 1.97 bits per heavy atom. The van der Waals surface area contributed by atoms with E-state index in [-0.39, 0.29) is 11.8 Å². The number of carboxylic acid groups (broad SMARTS) is 1. The number of aryl methyl sites for hydroxylation is 1. The molecule has 30 heavy (non-hydrogen) atoms. The second-order valence-corrected chi connectivity index (χ2v) is 8.23. The van der Waals surface area contributed by atoms with E-state index in [1.54, 1.807) is 0 Å². The van der Waals surface area contributed by atoms with Gasteiger partial charge in [0.05, 0.1) is 6.42 Å². The van der Waals surface area contributed by atoms with Gasteiger partial charge in [-0.15, -0.1) is 0 Å². The molecule has 4 rings (SSSR count). The summed E-state index contributed by atoms with van der Waals surface area (Å²) in [7, 11) is 0. The van der Waals surface area contributed by atoms with Gasteiger partial charge in [0.25, 0.3) is 0 Å². The summed E-state index contributed by atoms with van der Waals surface area (Å²) in [5.74, 6) is 5.02. The average Bonchev–Trinajstić information content (AvgIpc) is 3.50. The second kappa shape index (κ2) is 8.33. The smallest absolute Gasteiger partial charge is 0.341 e. The largest absolute Gasteiger partial charge is 0.479 e. The van der Waals surface area contributed by atoms with Gasteiger partial charge in [-0.25, -0.2) is 4.79 Å². The summed E-state index contributed by atoms with van der Waals surface area (Å²) >= 11 is 0. The van der Waals surface area contributed by atoms with Crippen molar-refractivity contribution in [3.63, 3.8) is 0 Å². The fraction of sp³-hybridized carbons (Fsp3) is 0.360. The Balaban J connectivity index is 1.45. The number of esters is 1. The molecule has 1 aliphatic carbocycles. The van der Waals surface area contributed by atoms with Gasteiger partial charge < -0.3 is 9.84 Å². The molecule has 2 aromatic carbocycles. The molecule has 0 radical (unpaired) electrons. The fourth-order valence-corrected chi connectivity index (χ4v) is 4.15. The molecule has 5 nitrogen and oxygen atoms in total. The van der Waals surface area contributed by atoms with Gasteiger partial charge in [0.15, 0.2) is 6.61 Å². The van der Waals surface area contributed by atoms with E-state index in [0.717, 1.165) is 37.1 Å². The summed E-state index contributed by atoms with van der Waals surface area (Å²) in [5, 5.41) is 8.61. The zero-order valence-corrected chi connectivity index (χ0v) is 17.1. The highest BCUT2D eigenvalue weighted by Gasteiger charge is 2.48. The average molecular weight is 403 g/mol. The van der Waals surface area contributed by atoms with Crippen molar-refractivity contribution in [3.05, 3.63) is 70.3 Å². The molecular weight excluding hydrogens is 378 g/mol. The van der Waals surface area contributed by atoms with E-state index in [4.69, 9.17) is 9.84 Å². The van der Waals surface area contributed by atoms with E-state index in [0.29, 0.717) is 6.54 Å². The van der Waals surface area contributed by atoms with Gasteiger partial charge in [-0.3, -0.25) is 9.69 Å². The molecule has 0 bridgehead atoms. The van der Waals surface area contributed by atoms with Crippen LogP contribution in [0.1, 0.15) is 47.1 Å². The molecule has 1 N–H and O–H groups in total. The lowest BCUT2D eigenvalue weighted by Gasteiger charge is -2.35. The first-order valence-corrected chi connectivity index (χ1v) is 10.3. The number of benzene rings is 2. The van der Waals surface area contributed by atoms with Gasteiger partial charge in [0, 0.05) is 36.2 Å². The number of hydrogen-bond acceptors (Lipinski definition) is 4. The molecule has 0 unspecified atom stereocenters. The maximum absolute atomic E-state index is 11.7. The van der Waals surface area contributed by atoms with Crippen molar-refractivity contribution in [2.24, 2.45) is 0 Å². The number of rotatable bonds is 5. The Bertz CT molecular complexity index is 1040. The van der Waals surface area contributed by atoms with Crippen LogP contribution in [0.2, 0.25) is 0 Å². The van der Waals surface area contributed by atoms with Crippen molar-refractivity contribution < 1.29 is 19.4 Å². The second-order valence-electron chi connectivity index (χ2n) is 8.23. The monoisotopic (exact) mass is 403 g/mol. The van der Waals surface area contributed by atoms with Crippen molar-refractivity contribution in [1.82, 2.24) is 4.90 Å². The first-order chi connectivity index (χ1) is 14.4. The van der Waals surface area contributed by atoms with Crippen molar-refractivity contribution >= 4 is 11.9 Å². The fourth-order valence-electron chi connectivity index (χ4n) is 4.15. The van der Waals surface area contributed by atoms with E-state index >= 15 is 0 Å². The van der Waals surface area contributed by atoms with Crippen molar-refractivity contribution in [1.29, 1.82) is 0 Å². The molecule has 1 saturated carbocycles. The maximum Gasteiger partial charge on any atom is 0.341 e. The zero-order valence-electron chi connectivity index (χ0n) is 17.1. The van der Waals surface area contributed by atoms with Gasteiger partial charge in [0.1, 0.15) is 0 Å². The number of aliphatic carboxylic acids is 1. The Morgan fingerprint density at radius 3 is 2.70 bits per heavy atom. The first kappa shape index (κ1) is 20.2. The Morgan fingerprint density at radius 1 is 1.17 bits per heavy atom. The lowest BCUT2D eigenvalue weighted by Crippen LogP contribution is -2.39. The predicted octanol–water partition coefficient (Wildman–Crippen LogP) is 3.26. The Kier molecular flexibility index (Phi) is 5.61. The van der Waals surface area contributed by atoms with Gasteiger partial charge in [-0.2, -0.15) is 0 Å². The highest BCUT2D eigenvalue weighted by molar-refractivity contribution is 5.75. The van der Waals surface area contributed by atoms with Gasteiger partial charge in [-0.05, 0) is 54.7 Å². The summed E-state index contributed by atoms with van der Waals surface area (Å²) in [5.41, 5.74) is 6.12. The first-order valence-electron chi connectivity index (χ1n) is 10.3. The van der Waals surface area contributed by atoms with Crippen LogP contribution in [0.25, 0.3) is 0 Å². The number of fused-ring (bicyclic) bond motifs is 2. The molecule has 2 aromatic rings. The lowest BCUT2D eigenvalue weighted by molar-refractivity contribution is -0.155. The van der Waals surface area contributed by atoms with Crippen LogP contribution in [0.3, 0.4) is 0 Å². The van der Waals surface area contributed by atoms with Crippen LogP contribution in [0, 0.1) is 18.8 Å². The maximum atomic E-state index is 11.7. The van der Waals surface area contributed by atoms with Gasteiger partial charge >= 0.3 is 11.9 Å². The molecule has 5 heteroatoms. The molecule has 0 atom stereocenters. The minimum Gasteiger partial charge on any atom is -0.479 e. The lowest BCUT2D eigenvalue weighted by atomic mass is 9.85. The van der Waals surface area contributed by atoms with Gasteiger partial charge in [-0.1, -0.05) is 36.1 Å². The summed E-state index contributed by atoms with van der Waals surface area (Å²) in [6.45, 7) is 3.78. The molecule has 1 heterocycles. The van der Waals surface area contributed by atoms with Crippen LogP contribution >= 0.6 is 0 Å². The van der Waals surface area contributed by atoms with Crippen LogP contribution in [-0.2, 0) is 26.3 Å². The number of carboxylic acids is 1. The van der Waals surface area contributed by atoms with Crippen LogP contribution in [-0.4, -0.2) is 41.6 Å². The molecule has 0 saturated heterocycles. The standard InChI is InChI=1S/C25H25NO4/c1-18-4-2-3-5-20(18)8-6-19-7-9-21-15-26(13-10-24(29)30-16-23(27)28)17-25(11-12-25)22(21)14-19/h2-5,7,9,14H,10-13,15-17H2,1H3,(H,27,28). The predicted molar refractivity (Wildman–Crippen MR) is 113 cm³/mol. The topological polar surface area (TPSA) is 66.8 Å². The van der Waals surface area contributed by atoms with Crippen molar-refractivity contribution in [3.8, 4) is 11.8 Å². The number of nitrogens with zero attached hydrogens (tertiary/aromatic N) is 1. The van der Waals surface area contributed by atoms with Crippen LogP contribution in [0.5, 0.6) is 0 Å². The van der Waals surface area contributed by atoms with Crippen LogP contribution < -0.4 is 0 Å². The molecule has 154 valence electrons. The summed E-state index contributed by atoms with van der Waals surface area (Å²) in [6, 6.07) is 14.6. The Hall–Kier alpha value is -3.10. The molecule has 0 aromatic heterocycles. The summed E-state index contributed by atoms with van der Waals surface area (Å²) < 4.78 is 4.74. The molecule has 1 spiro atoms. The number of carbonyl (C=O) groups excluding carboxylic acids is 1. The molecular formula is C25H25NO4. The van der Waals surface area contributed by atoms with Crippen LogP contribution in [0.4, 0.5) is 0 Å². The number of hydrogen-bond donors (Lipinski definition) is 1. The highest BCUT2D eigenvalue weighted by atomic mass is 16.5. The third-order valence-corrected chi connectivity index (χ3v) is 5.93. The third-order valence-electron chi connectivity index (χ3n) is 5.93. The van der Waals surface area contributed by atoms with Crippen molar-refractivity contribution in [2.45, 2.75) is 38.1 Å². The van der Waals surface area contributed by atoms with Crippen molar-refractivity contribution in [2.75, 3.05) is 19.7 Å². The normalized spacial score (nSPS) is 16.3. The summed E-state index contributed by atoms with van der Waals surface area (Å²) in [6.07, 6.45) is 2.50. The van der Waals surface area contributed by atoms with E-state index in [9.17, 15) is 9.59 Å². The minimum absolute atomic E-state index is 0.166. The highest BCUT2D eigenvalue weighted by Crippen LogP contribution is 2.52. The zero-order chi connectivity index (χ0) is 21.1.